The fourth-order valence-corrected chi connectivity index (χ4v) is 12.2. The van der Waals surface area contributed by atoms with Crippen LogP contribution >= 0.6 is 7.82 Å². The molecule has 0 saturated heterocycles. The van der Waals surface area contributed by atoms with Gasteiger partial charge in [-0.2, -0.15) is 0 Å². The number of hydrogen-bond donors (Lipinski definition) is 2. The number of nitrogens with two attached hydrogens (primary N) is 1. The molecule has 0 amide bonds. The van der Waals surface area contributed by atoms with Crippen LogP contribution in [0.25, 0.3) is 0 Å². The quantitative estimate of drug-likeness (QED) is 0.0264. The van der Waals surface area contributed by atoms with Crippen LogP contribution in [-0.4, -0.2) is 49.3 Å². The number of unbranched alkanes of at least 4 members (excludes halogenated alkanes) is 48. The van der Waals surface area contributed by atoms with E-state index in [0.717, 1.165) is 83.5 Å². The minimum absolute atomic E-state index is 0.0516. The predicted molar refractivity (Wildman–Crippen MR) is 386 cm³/mol. The number of ether oxygens (including phenoxy) is 2. The van der Waals surface area contributed by atoms with Crippen molar-refractivity contribution >= 4 is 19.8 Å². The molecule has 89 heavy (non-hydrogen) atoms. The maximum atomic E-state index is 12.8. The highest BCUT2D eigenvalue weighted by atomic mass is 31.2. The van der Waals surface area contributed by atoms with Crippen molar-refractivity contribution < 1.29 is 37.6 Å². The van der Waals surface area contributed by atoms with Gasteiger partial charge in [0.25, 0.3) is 0 Å². The lowest BCUT2D eigenvalue weighted by molar-refractivity contribution is -0.161. The summed E-state index contributed by atoms with van der Waals surface area (Å²) < 4.78 is 33.2. The Morgan fingerprint density at radius 1 is 0.348 bits per heavy atom. The number of esters is 2. The lowest BCUT2D eigenvalue weighted by atomic mass is 10.0. The number of phosphoric acid groups is 1. The second-order valence-electron chi connectivity index (χ2n) is 25.9. The normalized spacial score (nSPS) is 13.3. The van der Waals surface area contributed by atoms with Crippen LogP contribution in [0.5, 0.6) is 0 Å². The molecule has 2 unspecified atom stereocenters. The highest BCUT2D eigenvalue weighted by Crippen LogP contribution is 2.43. The van der Waals surface area contributed by atoms with Gasteiger partial charge in [-0.25, -0.2) is 4.57 Å². The molecule has 520 valence electrons. The molecule has 0 radical (unpaired) electrons. The molecule has 0 aromatic carbocycles. The van der Waals surface area contributed by atoms with E-state index in [2.05, 4.69) is 86.8 Å². The topological polar surface area (TPSA) is 134 Å². The van der Waals surface area contributed by atoms with Crippen molar-refractivity contribution in [2.75, 3.05) is 26.4 Å². The van der Waals surface area contributed by atoms with Gasteiger partial charge in [0.05, 0.1) is 13.2 Å². The molecule has 3 N–H and O–H groups in total. The van der Waals surface area contributed by atoms with Gasteiger partial charge in [-0.15, -0.1) is 0 Å². The molecule has 0 spiro atoms. The lowest BCUT2D eigenvalue weighted by Crippen LogP contribution is -2.29. The van der Waals surface area contributed by atoms with Crippen molar-refractivity contribution in [2.24, 2.45) is 5.73 Å². The number of carbonyl (C=O) groups excluding carboxylic acids is 2. The molecule has 0 aromatic heterocycles. The van der Waals surface area contributed by atoms with Crippen molar-refractivity contribution in [2.45, 2.75) is 392 Å². The Balaban J connectivity index is 3.78. The third kappa shape index (κ3) is 74.4. The molecular formula is C79H146NO8P. The van der Waals surface area contributed by atoms with E-state index in [4.69, 9.17) is 24.3 Å². The molecular weight excluding hydrogens is 1120 g/mol. The van der Waals surface area contributed by atoms with Gasteiger partial charge in [0, 0.05) is 19.4 Å². The van der Waals surface area contributed by atoms with Crippen molar-refractivity contribution in [3.63, 3.8) is 0 Å². The number of rotatable bonds is 73. The largest absolute Gasteiger partial charge is 0.472 e. The van der Waals surface area contributed by atoms with E-state index in [-0.39, 0.29) is 38.6 Å². The monoisotopic (exact) mass is 1270 g/mol. The average Bonchev–Trinajstić information content (AvgIpc) is 3.68. The smallest absolute Gasteiger partial charge is 0.462 e. The van der Waals surface area contributed by atoms with Crippen LogP contribution in [0.1, 0.15) is 386 Å². The van der Waals surface area contributed by atoms with Crippen LogP contribution in [0.15, 0.2) is 72.9 Å². The van der Waals surface area contributed by atoms with E-state index in [1.54, 1.807) is 0 Å². The summed E-state index contributed by atoms with van der Waals surface area (Å²) in [5, 5.41) is 0. The first-order valence-electron chi connectivity index (χ1n) is 38.4. The Hall–Kier alpha value is -2.55. The van der Waals surface area contributed by atoms with E-state index in [1.807, 2.05) is 0 Å². The zero-order valence-electron chi connectivity index (χ0n) is 58.7. The van der Waals surface area contributed by atoms with Crippen LogP contribution in [0, 0.1) is 0 Å². The zero-order chi connectivity index (χ0) is 64.4. The Kier molecular flexibility index (Phi) is 72.4. The first-order valence-corrected chi connectivity index (χ1v) is 39.9. The van der Waals surface area contributed by atoms with Crippen LogP contribution in [0.4, 0.5) is 0 Å². The molecule has 10 heteroatoms. The molecule has 0 aromatic rings. The second-order valence-corrected chi connectivity index (χ2v) is 27.3. The number of allylic oxidation sites excluding steroid dienone is 12. The summed E-state index contributed by atoms with van der Waals surface area (Å²) in [6.45, 7) is 3.68. The van der Waals surface area contributed by atoms with Gasteiger partial charge in [0.1, 0.15) is 6.61 Å². The van der Waals surface area contributed by atoms with Crippen LogP contribution in [0.2, 0.25) is 0 Å². The van der Waals surface area contributed by atoms with Crippen molar-refractivity contribution in [1.82, 2.24) is 0 Å². The molecule has 9 nitrogen and oxygen atoms in total. The van der Waals surface area contributed by atoms with Crippen molar-refractivity contribution in [1.29, 1.82) is 0 Å². The SMILES string of the molecule is CC/C=C\C/C=C\C/C=C\C/C=C\C/C=C\C/C=C\CCCCCCCCCCCCC(=O)OC(COC(=O)CCCCCCCCCCCCCCCCCCCCCCCCCCCCCCCCCCCCCCCCC)COP(=O)(O)OCCN. The van der Waals surface area contributed by atoms with Crippen molar-refractivity contribution in [3.8, 4) is 0 Å². The fourth-order valence-electron chi connectivity index (χ4n) is 11.5. The molecule has 0 aliphatic heterocycles. The maximum absolute atomic E-state index is 12.8. The summed E-state index contributed by atoms with van der Waals surface area (Å²) in [6, 6.07) is 0. The Morgan fingerprint density at radius 2 is 0.618 bits per heavy atom. The molecule has 0 aliphatic carbocycles. The van der Waals surface area contributed by atoms with Gasteiger partial charge in [-0.3, -0.25) is 18.6 Å². The van der Waals surface area contributed by atoms with E-state index in [1.165, 1.54) is 270 Å². The minimum Gasteiger partial charge on any atom is -0.462 e. The van der Waals surface area contributed by atoms with Gasteiger partial charge < -0.3 is 20.1 Å². The predicted octanol–water partition coefficient (Wildman–Crippen LogP) is 25.5. The maximum Gasteiger partial charge on any atom is 0.472 e. The molecule has 0 rings (SSSR count). The second kappa shape index (κ2) is 74.5. The van der Waals surface area contributed by atoms with Crippen molar-refractivity contribution in [3.05, 3.63) is 72.9 Å². The van der Waals surface area contributed by atoms with Gasteiger partial charge in [-0.1, -0.05) is 382 Å². The zero-order valence-corrected chi connectivity index (χ0v) is 59.6. The molecule has 2 atom stereocenters. The number of carbonyl (C=O) groups is 2. The van der Waals surface area contributed by atoms with Gasteiger partial charge >= 0.3 is 19.8 Å². The summed E-state index contributed by atoms with van der Waals surface area (Å²) >= 11 is 0. The van der Waals surface area contributed by atoms with Crippen LogP contribution in [0.3, 0.4) is 0 Å². The summed E-state index contributed by atoms with van der Waals surface area (Å²) in [6.07, 6.45) is 99.0. The average molecular weight is 1270 g/mol. The molecule has 0 saturated carbocycles. The van der Waals surface area contributed by atoms with E-state index >= 15 is 0 Å². The third-order valence-corrected chi connectivity index (χ3v) is 18.1. The summed E-state index contributed by atoms with van der Waals surface area (Å²) in [5.74, 6) is -0.818. The summed E-state index contributed by atoms with van der Waals surface area (Å²) in [7, 11) is -4.40. The summed E-state index contributed by atoms with van der Waals surface area (Å²) in [5.41, 5.74) is 5.41. The van der Waals surface area contributed by atoms with E-state index < -0.39 is 26.5 Å². The van der Waals surface area contributed by atoms with Gasteiger partial charge in [-0.05, 0) is 64.2 Å². The van der Waals surface area contributed by atoms with E-state index in [0.29, 0.717) is 6.42 Å². The molecule has 0 aliphatic rings. The van der Waals surface area contributed by atoms with Gasteiger partial charge in [0.15, 0.2) is 6.10 Å². The lowest BCUT2D eigenvalue weighted by Gasteiger charge is -2.19. The highest BCUT2D eigenvalue weighted by molar-refractivity contribution is 7.47. The standard InChI is InChI=1S/C79H146NO8P/c1-3-5-7-9-11-13-15-17-19-21-23-25-27-29-31-33-34-35-36-37-38-39-40-41-42-44-45-47-49-51-53-55-57-59-61-63-65-67-69-71-78(81)85-75-77(76-87-89(83,84)86-74-73-80)88-79(82)72-70-68-66-64-62-60-58-56-54-52-50-48-46-43-32-30-28-26-24-22-20-18-16-14-12-10-8-6-4-2/h6,8,12,14,18,20,24,26,30,32,46,48,77H,3-5,7,9-11,13,15-17,19,21-23,25,27-29,31,33-45,47,49-76,80H2,1-2H3,(H,83,84)/b8-6-,14-12-,20-18-,26-24-,32-30-,48-46-. The third-order valence-electron chi connectivity index (χ3n) is 17.1. The molecule has 0 heterocycles. The number of hydrogen-bond acceptors (Lipinski definition) is 8. The van der Waals surface area contributed by atoms with Crippen LogP contribution in [-0.2, 0) is 32.7 Å². The first-order chi connectivity index (χ1) is 43.8. The van der Waals surface area contributed by atoms with Crippen LogP contribution < -0.4 is 5.73 Å². The Labute approximate surface area is 552 Å². The molecule has 0 bridgehead atoms. The minimum atomic E-state index is -4.40. The van der Waals surface area contributed by atoms with E-state index in [9.17, 15) is 19.0 Å². The fraction of sp³-hybridized carbons (Fsp3) is 0.823. The Morgan fingerprint density at radius 3 is 0.921 bits per heavy atom. The molecule has 0 fully saturated rings. The van der Waals surface area contributed by atoms with Gasteiger partial charge in [0.2, 0.25) is 0 Å². The Bertz CT molecular complexity index is 1690. The summed E-state index contributed by atoms with van der Waals surface area (Å²) in [4.78, 5) is 35.4. The highest BCUT2D eigenvalue weighted by Gasteiger charge is 2.26. The first kappa shape index (κ1) is 86.5. The number of phosphoric ester groups is 1.